The molecule has 0 fully saturated rings. The number of rotatable bonds is 6. The second kappa shape index (κ2) is 7.33. The lowest BCUT2D eigenvalue weighted by Gasteiger charge is -2.12. The van der Waals surface area contributed by atoms with Crippen molar-refractivity contribution in [3.05, 3.63) is 71.4 Å². The molecule has 3 heterocycles. The Hall–Kier alpha value is -2.60. The van der Waals surface area contributed by atoms with Gasteiger partial charge in [0.2, 0.25) is 0 Å². The van der Waals surface area contributed by atoms with E-state index < -0.39 is 0 Å². The number of aromatic nitrogens is 4. The standard InChI is InChI=1S/C20H20BrN5/c1-15-7-2-3-8-16(15)17-14-26-18(21)13-23-20(26)19(24-17)22-9-6-12-25-10-4-5-11-25/h2-5,7-8,10-11,13-14H,6,9,12H2,1H3,(H,22,24). The first-order valence-electron chi connectivity index (χ1n) is 8.66. The van der Waals surface area contributed by atoms with E-state index in [9.17, 15) is 0 Å². The van der Waals surface area contributed by atoms with Crippen molar-refractivity contribution in [3.63, 3.8) is 0 Å². The summed E-state index contributed by atoms with van der Waals surface area (Å²) in [4.78, 5) is 9.35. The molecule has 5 nitrogen and oxygen atoms in total. The maximum absolute atomic E-state index is 4.86. The Kier molecular flexibility index (Phi) is 4.75. The zero-order valence-electron chi connectivity index (χ0n) is 14.6. The summed E-state index contributed by atoms with van der Waals surface area (Å²) in [5.74, 6) is 0.809. The van der Waals surface area contributed by atoms with Crippen LogP contribution in [0.1, 0.15) is 12.0 Å². The number of fused-ring (bicyclic) bond motifs is 1. The normalized spacial score (nSPS) is 11.2. The highest BCUT2D eigenvalue weighted by Crippen LogP contribution is 2.26. The molecule has 0 saturated carbocycles. The van der Waals surface area contributed by atoms with Gasteiger partial charge < -0.3 is 9.88 Å². The van der Waals surface area contributed by atoms with Crippen molar-refractivity contribution in [2.24, 2.45) is 0 Å². The highest BCUT2D eigenvalue weighted by Gasteiger charge is 2.12. The number of aryl methyl sites for hydroxylation is 2. The molecule has 0 amide bonds. The molecule has 1 N–H and O–H groups in total. The average molecular weight is 410 g/mol. The predicted octanol–water partition coefficient (Wildman–Crippen LogP) is 4.77. The van der Waals surface area contributed by atoms with Gasteiger partial charge in [-0.25, -0.2) is 9.97 Å². The quantitative estimate of drug-likeness (QED) is 0.466. The molecule has 4 aromatic rings. The Bertz CT molecular complexity index is 1020. The molecule has 0 atom stereocenters. The van der Waals surface area contributed by atoms with Gasteiger partial charge in [-0.05, 0) is 47.0 Å². The van der Waals surface area contributed by atoms with Crippen LogP contribution < -0.4 is 5.32 Å². The van der Waals surface area contributed by atoms with E-state index in [-0.39, 0.29) is 0 Å². The highest BCUT2D eigenvalue weighted by atomic mass is 79.9. The minimum atomic E-state index is 0.809. The Morgan fingerprint density at radius 2 is 1.92 bits per heavy atom. The van der Waals surface area contributed by atoms with Crippen molar-refractivity contribution >= 4 is 27.4 Å². The number of nitrogens with zero attached hydrogens (tertiary/aromatic N) is 4. The summed E-state index contributed by atoms with van der Waals surface area (Å²) in [6.45, 7) is 3.92. The predicted molar refractivity (Wildman–Crippen MR) is 108 cm³/mol. The van der Waals surface area contributed by atoms with Crippen LogP contribution in [0.3, 0.4) is 0 Å². The summed E-state index contributed by atoms with van der Waals surface area (Å²) in [6.07, 6.45) is 9.02. The molecule has 0 unspecified atom stereocenters. The fraction of sp³-hybridized carbons (Fsp3) is 0.200. The Labute approximate surface area is 160 Å². The van der Waals surface area contributed by atoms with Gasteiger partial charge in [0.1, 0.15) is 4.60 Å². The van der Waals surface area contributed by atoms with Crippen LogP contribution >= 0.6 is 15.9 Å². The number of hydrogen-bond donors (Lipinski definition) is 1. The molecule has 0 aliphatic rings. The fourth-order valence-corrected chi connectivity index (χ4v) is 3.43. The topological polar surface area (TPSA) is 47.1 Å². The first-order chi connectivity index (χ1) is 12.7. The van der Waals surface area contributed by atoms with Crippen LogP contribution in [0.5, 0.6) is 0 Å². The molecule has 0 bridgehead atoms. The third kappa shape index (κ3) is 3.37. The number of hydrogen-bond acceptors (Lipinski definition) is 3. The molecule has 3 aromatic heterocycles. The largest absolute Gasteiger partial charge is 0.367 e. The van der Waals surface area contributed by atoms with Gasteiger partial charge >= 0.3 is 0 Å². The van der Waals surface area contributed by atoms with E-state index in [0.717, 1.165) is 46.8 Å². The average Bonchev–Trinajstić information content (AvgIpc) is 3.29. The number of halogens is 1. The third-order valence-electron chi connectivity index (χ3n) is 4.42. The molecule has 4 rings (SSSR count). The smallest absolute Gasteiger partial charge is 0.181 e. The van der Waals surface area contributed by atoms with Gasteiger partial charge in [0.25, 0.3) is 0 Å². The summed E-state index contributed by atoms with van der Waals surface area (Å²) in [6, 6.07) is 12.4. The molecular weight excluding hydrogens is 390 g/mol. The number of nitrogens with one attached hydrogen (secondary N) is 1. The second-order valence-corrected chi connectivity index (χ2v) is 7.08. The van der Waals surface area contributed by atoms with E-state index >= 15 is 0 Å². The van der Waals surface area contributed by atoms with E-state index in [1.54, 1.807) is 0 Å². The molecule has 132 valence electrons. The van der Waals surface area contributed by atoms with Crippen LogP contribution in [-0.2, 0) is 6.54 Å². The van der Waals surface area contributed by atoms with E-state index in [1.807, 2.05) is 41.1 Å². The van der Waals surface area contributed by atoms with Gasteiger partial charge in [-0.1, -0.05) is 24.3 Å². The van der Waals surface area contributed by atoms with Gasteiger partial charge in [-0.3, -0.25) is 4.40 Å². The lowest BCUT2D eigenvalue weighted by atomic mass is 10.1. The zero-order valence-corrected chi connectivity index (χ0v) is 16.1. The maximum Gasteiger partial charge on any atom is 0.181 e. The summed E-state index contributed by atoms with van der Waals surface area (Å²) in [7, 11) is 0. The van der Waals surface area contributed by atoms with Gasteiger partial charge in [-0.15, -0.1) is 0 Å². The summed E-state index contributed by atoms with van der Waals surface area (Å²) < 4.78 is 5.13. The van der Waals surface area contributed by atoms with Crippen molar-refractivity contribution in [1.82, 2.24) is 18.9 Å². The number of anilines is 1. The summed E-state index contributed by atoms with van der Waals surface area (Å²) in [5.41, 5.74) is 4.09. The molecule has 0 aliphatic heterocycles. The van der Waals surface area contributed by atoms with Crippen LogP contribution in [0.25, 0.3) is 16.9 Å². The fourth-order valence-electron chi connectivity index (χ4n) is 3.06. The van der Waals surface area contributed by atoms with E-state index in [2.05, 4.69) is 62.2 Å². The van der Waals surface area contributed by atoms with Gasteiger partial charge in [0.05, 0.1) is 11.9 Å². The van der Waals surface area contributed by atoms with Crippen LogP contribution in [0.4, 0.5) is 5.82 Å². The number of imidazole rings is 1. The van der Waals surface area contributed by atoms with Crippen molar-refractivity contribution < 1.29 is 0 Å². The third-order valence-corrected chi connectivity index (χ3v) is 5.01. The van der Waals surface area contributed by atoms with Crippen molar-refractivity contribution in [1.29, 1.82) is 0 Å². The van der Waals surface area contributed by atoms with Crippen LogP contribution in [0.15, 0.2) is 65.8 Å². The summed E-state index contributed by atoms with van der Waals surface area (Å²) >= 11 is 3.58. The van der Waals surface area contributed by atoms with Crippen LogP contribution in [0.2, 0.25) is 0 Å². The lowest BCUT2D eigenvalue weighted by molar-refractivity contribution is 0.664. The van der Waals surface area contributed by atoms with E-state index in [4.69, 9.17) is 4.98 Å². The zero-order chi connectivity index (χ0) is 17.9. The van der Waals surface area contributed by atoms with Crippen LogP contribution in [0, 0.1) is 6.92 Å². The van der Waals surface area contributed by atoms with Gasteiger partial charge in [-0.2, -0.15) is 0 Å². The molecule has 0 spiro atoms. The van der Waals surface area contributed by atoms with Crippen LogP contribution in [-0.4, -0.2) is 25.5 Å². The lowest BCUT2D eigenvalue weighted by Crippen LogP contribution is -2.09. The van der Waals surface area contributed by atoms with Gasteiger partial charge in [0.15, 0.2) is 11.5 Å². The van der Waals surface area contributed by atoms with Gasteiger partial charge in [0, 0.05) is 37.2 Å². The Balaban J connectivity index is 1.61. The molecule has 6 heteroatoms. The maximum atomic E-state index is 4.86. The SMILES string of the molecule is Cc1ccccc1-c1cn2c(Br)cnc2c(NCCCn2cccc2)n1. The molecule has 0 aliphatic carbocycles. The molecule has 0 radical (unpaired) electrons. The van der Waals surface area contributed by atoms with Crippen molar-refractivity contribution in [2.75, 3.05) is 11.9 Å². The van der Waals surface area contributed by atoms with Crippen molar-refractivity contribution in [2.45, 2.75) is 19.9 Å². The Morgan fingerprint density at radius 3 is 2.73 bits per heavy atom. The van der Waals surface area contributed by atoms with E-state index in [1.165, 1.54) is 5.56 Å². The molecular formula is C20H20BrN5. The molecule has 1 aromatic carbocycles. The minimum absolute atomic E-state index is 0.809. The molecule has 0 saturated heterocycles. The molecule has 26 heavy (non-hydrogen) atoms. The summed E-state index contributed by atoms with van der Waals surface area (Å²) in [5, 5.41) is 3.46. The van der Waals surface area contributed by atoms with E-state index in [0.29, 0.717) is 0 Å². The number of benzene rings is 1. The second-order valence-electron chi connectivity index (χ2n) is 6.27. The highest BCUT2D eigenvalue weighted by molar-refractivity contribution is 9.10. The first kappa shape index (κ1) is 16.8. The first-order valence-corrected chi connectivity index (χ1v) is 9.46. The van der Waals surface area contributed by atoms with Crippen molar-refractivity contribution in [3.8, 4) is 11.3 Å². The monoisotopic (exact) mass is 409 g/mol. The Morgan fingerprint density at radius 1 is 1.12 bits per heavy atom. The minimum Gasteiger partial charge on any atom is -0.367 e.